The number of fused-ring (bicyclic) bond motifs is 6. The SMILES string of the molecule is CC(O)(C(=O)O)c1ccc2c(c1)N(S(=O)(=O)c1ccc(OC(F)(F)F)cc1)Cc1ccc(C(F)(F)F)nc1N2.CCOC(=O)C(=O)c1ccc2c(c1)N(S(=O)(=O)c1ccc(OC(F)(F)F)cc1)Cc1ccc(C(F)(F)F)nc1N2.CCOC(=O)C(C)(O)c1ccc2c(c1)N(S(=O)(=O)c1ccc(OC(F)(F)F)cc1)Cc1ccc(C(F)(F)F)nc1N2. The zero-order chi connectivity index (χ0) is 88.8. The minimum atomic E-state index is -5.03. The number of alkyl halides is 18. The van der Waals surface area contributed by atoms with Crippen LogP contribution in [0.25, 0.3) is 0 Å². The van der Waals surface area contributed by atoms with Crippen LogP contribution in [0.1, 0.15) is 83.0 Å². The van der Waals surface area contributed by atoms with E-state index in [2.05, 4.69) is 49.8 Å². The molecule has 0 saturated carbocycles. The number of esters is 2. The van der Waals surface area contributed by atoms with Crippen LogP contribution in [0.15, 0.2) is 178 Å². The Balaban J connectivity index is 0.000000189. The van der Waals surface area contributed by atoms with Crippen molar-refractivity contribution in [1.29, 1.82) is 0 Å². The number of carboxylic acids is 1. The maximum Gasteiger partial charge on any atom is 0.573 e. The second-order valence-corrected chi connectivity index (χ2v) is 31.1. The van der Waals surface area contributed by atoms with Gasteiger partial charge in [0.25, 0.3) is 35.9 Å². The third-order valence-electron chi connectivity index (χ3n) is 17.2. The number of rotatable bonds is 17. The number of benzene rings is 6. The van der Waals surface area contributed by atoms with Crippen molar-refractivity contribution in [3.8, 4) is 17.2 Å². The third-order valence-corrected chi connectivity index (χ3v) is 22.5. The van der Waals surface area contributed by atoms with Gasteiger partial charge < -0.3 is 55.0 Å². The summed E-state index contributed by atoms with van der Waals surface area (Å²) in [7, 11) is -13.9. The molecule has 6 aromatic carbocycles. The summed E-state index contributed by atoms with van der Waals surface area (Å²) >= 11 is 0. The Bertz CT molecular complexity index is 5810. The van der Waals surface area contributed by atoms with Gasteiger partial charge in [0, 0.05) is 22.3 Å². The lowest BCUT2D eigenvalue weighted by Gasteiger charge is -2.27. The molecule has 6 heterocycles. The second kappa shape index (κ2) is 33.0. The molecule has 27 nitrogen and oxygen atoms in total. The van der Waals surface area contributed by atoms with Crippen molar-refractivity contribution in [2.45, 2.75) is 111 Å². The van der Waals surface area contributed by atoms with Crippen molar-refractivity contribution in [3.05, 3.63) is 214 Å². The number of nitrogens with one attached hydrogen (secondary N) is 3. The Labute approximate surface area is 664 Å². The molecule has 48 heteroatoms. The number of nitrogens with zero attached hydrogens (tertiary/aromatic N) is 6. The van der Waals surface area contributed by atoms with Gasteiger partial charge in [-0.15, -0.1) is 39.5 Å². The molecule has 0 aliphatic carbocycles. The van der Waals surface area contributed by atoms with Gasteiger partial charge in [0.2, 0.25) is 0 Å². The summed E-state index contributed by atoms with van der Waals surface area (Å²) < 4.78 is 338. The number of sulfonamides is 3. The van der Waals surface area contributed by atoms with Crippen LogP contribution < -0.4 is 43.1 Å². The highest BCUT2D eigenvalue weighted by atomic mass is 32.2. The molecule has 3 aliphatic heterocycles. The first kappa shape index (κ1) is 89.9. The van der Waals surface area contributed by atoms with Crippen LogP contribution in [0.3, 0.4) is 0 Å². The van der Waals surface area contributed by atoms with Crippen molar-refractivity contribution in [1.82, 2.24) is 15.0 Å². The molecule has 0 spiro atoms. The number of halogens is 18. The molecule has 0 saturated heterocycles. The molecule has 9 aromatic rings. The van der Waals surface area contributed by atoms with Crippen molar-refractivity contribution in [3.63, 3.8) is 0 Å². The standard InChI is InChI=1S/C25H21F6N3O6S.C24H17F6N3O6S.C23H17F6N3O6S/c1-3-39-22(35)23(2,36)15-5-10-18-19(12-15)34(13-14-4-11-20(24(26,27)28)33-21(14)32-18)41(37,38)17-8-6-16(7-9-17)40-25(29,30)31;1-2-38-22(35)20(34)13-3-9-17-18(11-13)33(12-14-4-10-19(23(25,26)27)32-21(14)31-17)40(36,37)16-7-5-15(6-8-16)39-24(28,29)30;1-21(35,20(33)34)13-3-8-16-17(10-13)32(11-12-2-9-18(22(24,25)26)31-19(12)30-16)39(36,37)15-6-4-14(5-7-15)38-23(27,28)29/h4-12,36H,3,13H2,1-2H3,(H,32,33);3-11H,2,12H2,1H3,(H,31,32);2-10,35H,11H2,1H3,(H,30,31)(H,33,34). The van der Waals surface area contributed by atoms with E-state index in [1.807, 2.05) is 0 Å². The molecule has 12 rings (SSSR count). The van der Waals surface area contributed by atoms with Gasteiger partial charge in [-0.05, 0) is 172 Å². The van der Waals surface area contributed by atoms with Gasteiger partial charge in [-0.2, -0.15) is 39.5 Å². The van der Waals surface area contributed by atoms with Gasteiger partial charge in [0.15, 0.2) is 11.2 Å². The number of aliphatic hydroxyl groups is 2. The molecule has 640 valence electrons. The Morgan fingerprint density at radius 3 is 0.975 bits per heavy atom. The fourth-order valence-corrected chi connectivity index (χ4v) is 15.7. The van der Waals surface area contributed by atoms with Crippen LogP contribution in [0, 0.1) is 0 Å². The Kier molecular flexibility index (Phi) is 24.8. The number of ketones is 1. The van der Waals surface area contributed by atoms with Gasteiger partial charge >= 0.3 is 55.5 Å². The molecule has 2 unspecified atom stereocenters. The van der Waals surface area contributed by atoms with Crippen LogP contribution in [0.5, 0.6) is 17.2 Å². The molecular formula is C72H55F18N9O18S3. The highest BCUT2D eigenvalue weighted by Crippen LogP contribution is 2.47. The van der Waals surface area contributed by atoms with E-state index in [4.69, 9.17) is 4.74 Å². The quantitative estimate of drug-likeness (QED) is 0.0213. The van der Waals surface area contributed by atoms with E-state index in [1.54, 1.807) is 0 Å². The first-order valence-corrected chi connectivity index (χ1v) is 37.9. The molecule has 3 aromatic heterocycles. The average molecular weight is 1770 g/mol. The summed E-state index contributed by atoms with van der Waals surface area (Å²) in [6.07, 6.45) is -29.5. The molecule has 6 N–H and O–H groups in total. The molecule has 0 amide bonds. The minimum Gasteiger partial charge on any atom is -0.479 e. The number of aliphatic carboxylic acids is 1. The largest absolute Gasteiger partial charge is 0.573 e. The maximum atomic E-state index is 13.8. The predicted octanol–water partition coefficient (Wildman–Crippen LogP) is 15.2. The van der Waals surface area contributed by atoms with E-state index in [0.29, 0.717) is 22.5 Å². The zero-order valence-electron chi connectivity index (χ0n) is 60.8. The van der Waals surface area contributed by atoms with E-state index >= 15 is 0 Å². The predicted molar refractivity (Wildman–Crippen MR) is 381 cm³/mol. The first-order valence-electron chi connectivity index (χ1n) is 33.6. The molecule has 3 aliphatic rings. The number of ether oxygens (including phenoxy) is 5. The fourth-order valence-electron chi connectivity index (χ4n) is 11.3. The van der Waals surface area contributed by atoms with Gasteiger partial charge in [0.05, 0.1) is 81.7 Å². The minimum absolute atomic E-state index is 0.00284. The first-order chi connectivity index (χ1) is 55.4. The molecule has 2 atom stereocenters. The Morgan fingerprint density at radius 1 is 0.400 bits per heavy atom. The summed E-state index contributed by atoms with van der Waals surface area (Å²) in [5.74, 6) is -8.10. The lowest BCUT2D eigenvalue weighted by Crippen LogP contribution is -2.35. The van der Waals surface area contributed by atoms with Crippen molar-refractivity contribution >= 4 is 105 Å². The van der Waals surface area contributed by atoms with E-state index in [-0.39, 0.29) is 98.2 Å². The molecular weight excluding hydrogens is 1720 g/mol. The van der Waals surface area contributed by atoms with Crippen LogP contribution in [-0.4, -0.2) is 112 Å². The van der Waals surface area contributed by atoms with E-state index < -0.39 is 171 Å². The molecule has 0 radical (unpaired) electrons. The number of carboxylic acid groups (broad SMARTS) is 1. The maximum absolute atomic E-state index is 13.8. The lowest BCUT2D eigenvalue weighted by molar-refractivity contribution is -0.275. The smallest absolute Gasteiger partial charge is 0.479 e. The molecule has 0 bridgehead atoms. The number of carbonyl (C=O) groups is 4. The summed E-state index contributed by atoms with van der Waals surface area (Å²) in [5, 5.41) is 38.7. The molecule has 120 heavy (non-hydrogen) atoms. The number of hydrogen-bond acceptors (Lipinski definition) is 23. The molecule has 0 fully saturated rings. The Morgan fingerprint density at radius 2 is 0.692 bits per heavy atom. The van der Waals surface area contributed by atoms with Crippen LogP contribution >= 0.6 is 0 Å². The normalized spacial score (nSPS) is 14.6. The highest BCUT2D eigenvalue weighted by molar-refractivity contribution is 7.93. The van der Waals surface area contributed by atoms with Gasteiger partial charge in [-0.1, -0.05) is 30.3 Å². The summed E-state index contributed by atoms with van der Waals surface area (Å²) in [6, 6.07) is 24.9. The van der Waals surface area contributed by atoms with Gasteiger partial charge in [0.1, 0.15) is 51.8 Å². The third kappa shape index (κ3) is 20.3. The monoisotopic (exact) mass is 1770 g/mol. The van der Waals surface area contributed by atoms with Crippen LogP contribution in [0.2, 0.25) is 0 Å². The number of pyridine rings is 3. The van der Waals surface area contributed by atoms with E-state index in [1.165, 1.54) is 32.0 Å². The summed E-state index contributed by atoms with van der Waals surface area (Å²) in [6.45, 7) is 3.05. The number of hydrogen-bond donors (Lipinski definition) is 6. The topological polar surface area (TPSA) is 362 Å². The van der Waals surface area contributed by atoms with Crippen LogP contribution in [-0.2, 0) is 103 Å². The van der Waals surface area contributed by atoms with E-state index in [0.717, 1.165) is 150 Å². The van der Waals surface area contributed by atoms with Crippen molar-refractivity contribution in [2.75, 3.05) is 42.1 Å². The van der Waals surface area contributed by atoms with Gasteiger partial charge in [-0.3, -0.25) is 17.7 Å². The van der Waals surface area contributed by atoms with Gasteiger partial charge in [-0.25, -0.2) is 54.6 Å². The number of Topliss-reactive ketones (excluding diaryl/α,β-unsaturated/α-hetero) is 1. The van der Waals surface area contributed by atoms with Crippen molar-refractivity contribution in [2.24, 2.45) is 0 Å². The fraction of sp³-hybridized carbons (Fsp3) is 0.236. The highest BCUT2D eigenvalue weighted by Gasteiger charge is 2.44. The number of anilines is 9. The van der Waals surface area contributed by atoms with Crippen molar-refractivity contribution < 1.29 is 162 Å². The summed E-state index contributed by atoms with van der Waals surface area (Å²) in [4.78, 5) is 57.8. The Hall–Kier alpha value is -12.4. The number of aromatic nitrogens is 3. The van der Waals surface area contributed by atoms with E-state index in [9.17, 15) is 139 Å². The van der Waals surface area contributed by atoms with Crippen LogP contribution in [0.4, 0.5) is 131 Å². The zero-order valence-corrected chi connectivity index (χ0v) is 63.3. The average Bonchev–Trinajstić information content (AvgIpc) is 1.56. The number of carbonyl (C=O) groups excluding carboxylic acids is 3. The summed E-state index contributed by atoms with van der Waals surface area (Å²) in [5.41, 5.74) is -10.1. The second-order valence-electron chi connectivity index (χ2n) is 25.5. The lowest BCUT2D eigenvalue weighted by atomic mass is 9.95.